The minimum atomic E-state index is -0.397. The second-order valence-electron chi connectivity index (χ2n) is 4.98. The Balaban J connectivity index is 1.70. The molecule has 1 fully saturated rings. The Kier molecular flexibility index (Phi) is 3.87. The van der Waals surface area contributed by atoms with Gasteiger partial charge in [0, 0.05) is 23.2 Å². The molecule has 2 aromatic rings. The minimum Gasteiger partial charge on any atom is -0.458 e. The fourth-order valence-electron chi connectivity index (χ4n) is 2.42. The Labute approximate surface area is 121 Å². The first kappa shape index (κ1) is 13.6. The standard InChI is InChI=1S/C15H16N2O4/c18-9-16-11-3-4-13-10(6-11)7-14(17-13)15(19)21-8-12-2-1-5-20-12/h3-4,6-7,9,12,17H,1-2,5,8H2,(H,16,18). The minimum absolute atomic E-state index is 0.0155. The maximum absolute atomic E-state index is 12.0. The quantitative estimate of drug-likeness (QED) is 0.652. The molecule has 0 radical (unpaired) electrons. The van der Waals surface area contributed by atoms with Gasteiger partial charge in [0.2, 0.25) is 6.41 Å². The summed E-state index contributed by atoms with van der Waals surface area (Å²) < 4.78 is 10.7. The van der Waals surface area contributed by atoms with E-state index in [1.165, 1.54) is 0 Å². The third-order valence-electron chi connectivity index (χ3n) is 3.49. The molecule has 21 heavy (non-hydrogen) atoms. The number of carbonyl (C=O) groups excluding carboxylic acids is 2. The topological polar surface area (TPSA) is 80.4 Å². The van der Waals surface area contributed by atoms with Gasteiger partial charge in [-0.1, -0.05) is 0 Å². The SMILES string of the molecule is O=CNc1ccc2[nH]c(C(=O)OCC3CCCO3)cc2c1. The van der Waals surface area contributed by atoms with Crippen molar-refractivity contribution in [3.05, 3.63) is 30.0 Å². The number of amides is 1. The molecule has 6 nitrogen and oxygen atoms in total. The summed E-state index contributed by atoms with van der Waals surface area (Å²) in [5, 5.41) is 3.41. The Morgan fingerprint density at radius 1 is 1.48 bits per heavy atom. The number of hydrogen-bond donors (Lipinski definition) is 2. The smallest absolute Gasteiger partial charge is 0.354 e. The van der Waals surface area contributed by atoms with Gasteiger partial charge in [0.15, 0.2) is 0 Å². The first-order valence-corrected chi connectivity index (χ1v) is 6.88. The molecule has 6 heteroatoms. The van der Waals surface area contributed by atoms with Crippen molar-refractivity contribution in [1.29, 1.82) is 0 Å². The molecule has 1 saturated heterocycles. The summed E-state index contributed by atoms with van der Waals surface area (Å²) in [7, 11) is 0. The maximum Gasteiger partial charge on any atom is 0.354 e. The fourth-order valence-corrected chi connectivity index (χ4v) is 2.42. The zero-order valence-corrected chi connectivity index (χ0v) is 11.4. The van der Waals surface area contributed by atoms with E-state index in [2.05, 4.69) is 10.3 Å². The average molecular weight is 288 g/mol. The lowest BCUT2D eigenvalue weighted by molar-refractivity contribution is -0.105. The van der Waals surface area contributed by atoms with Crippen LogP contribution in [0.3, 0.4) is 0 Å². The zero-order chi connectivity index (χ0) is 14.7. The third kappa shape index (κ3) is 3.05. The number of carbonyl (C=O) groups is 2. The van der Waals surface area contributed by atoms with Crippen LogP contribution in [0.2, 0.25) is 0 Å². The van der Waals surface area contributed by atoms with Gasteiger partial charge in [0.1, 0.15) is 12.3 Å². The van der Waals surface area contributed by atoms with E-state index in [-0.39, 0.29) is 12.7 Å². The summed E-state index contributed by atoms with van der Waals surface area (Å²) in [6.45, 7) is 1.02. The highest BCUT2D eigenvalue weighted by atomic mass is 16.6. The molecule has 1 aromatic heterocycles. The molecular weight excluding hydrogens is 272 g/mol. The number of ether oxygens (including phenoxy) is 2. The van der Waals surface area contributed by atoms with E-state index in [1.54, 1.807) is 24.3 Å². The summed E-state index contributed by atoms with van der Waals surface area (Å²) >= 11 is 0. The molecule has 0 bridgehead atoms. The van der Waals surface area contributed by atoms with Crippen molar-refractivity contribution in [2.24, 2.45) is 0 Å². The van der Waals surface area contributed by atoms with Crippen molar-refractivity contribution >= 4 is 29.0 Å². The summed E-state index contributed by atoms with van der Waals surface area (Å²) in [6, 6.07) is 7.06. The number of rotatable bonds is 5. The van der Waals surface area contributed by atoms with Gasteiger partial charge in [-0.25, -0.2) is 4.79 Å². The highest BCUT2D eigenvalue weighted by Gasteiger charge is 2.19. The Hall–Kier alpha value is -2.34. The predicted molar refractivity (Wildman–Crippen MR) is 77.2 cm³/mol. The van der Waals surface area contributed by atoms with Crippen LogP contribution < -0.4 is 5.32 Å². The van der Waals surface area contributed by atoms with Crippen LogP contribution in [-0.2, 0) is 14.3 Å². The number of aromatic amines is 1. The van der Waals surface area contributed by atoms with Gasteiger partial charge >= 0.3 is 5.97 Å². The second-order valence-corrected chi connectivity index (χ2v) is 4.98. The zero-order valence-electron chi connectivity index (χ0n) is 11.4. The van der Waals surface area contributed by atoms with E-state index in [4.69, 9.17) is 9.47 Å². The highest BCUT2D eigenvalue weighted by molar-refractivity contribution is 5.96. The number of anilines is 1. The number of aromatic nitrogens is 1. The summed E-state index contributed by atoms with van der Waals surface area (Å²) in [6.07, 6.45) is 2.58. The van der Waals surface area contributed by atoms with Crippen LogP contribution in [0.25, 0.3) is 10.9 Å². The van der Waals surface area contributed by atoms with Gasteiger partial charge < -0.3 is 19.8 Å². The first-order chi connectivity index (χ1) is 10.3. The molecule has 0 aliphatic carbocycles. The number of nitrogens with one attached hydrogen (secondary N) is 2. The molecule has 3 rings (SSSR count). The number of H-pyrrole nitrogens is 1. The molecule has 0 spiro atoms. The number of fused-ring (bicyclic) bond motifs is 1. The molecule has 110 valence electrons. The van der Waals surface area contributed by atoms with E-state index in [1.807, 2.05) is 0 Å². The van der Waals surface area contributed by atoms with Gasteiger partial charge in [0.25, 0.3) is 0 Å². The number of benzene rings is 1. The van der Waals surface area contributed by atoms with Gasteiger partial charge in [-0.3, -0.25) is 4.79 Å². The van der Waals surface area contributed by atoms with Crippen LogP contribution in [0, 0.1) is 0 Å². The summed E-state index contributed by atoms with van der Waals surface area (Å²) in [4.78, 5) is 25.4. The van der Waals surface area contributed by atoms with Gasteiger partial charge in [-0.05, 0) is 37.1 Å². The van der Waals surface area contributed by atoms with Crippen LogP contribution in [0.15, 0.2) is 24.3 Å². The van der Waals surface area contributed by atoms with Crippen molar-refractivity contribution in [2.45, 2.75) is 18.9 Å². The summed E-state index contributed by atoms with van der Waals surface area (Å²) in [5.41, 5.74) is 1.89. The molecule has 1 aliphatic rings. The largest absolute Gasteiger partial charge is 0.458 e. The number of hydrogen-bond acceptors (Lipinski definition) is 4. The lowest BCUT2D eigenvalue weighted by atomic mass is 10.2. The Bertz CT molecular complexity index is 659. The molecule has 1 atom stereocenters. The Morgan fingerprint density at radius 2 is 2.38 bits per heavy atom. The lowest BCUT2D eigenvalue weighted by Crippen LogP contribution is -2.17. The van der Waals surface area contributed by atoms with E-state index >= 15 is 0 Å². The van der Waals surface area contributed by atoms with Gasteiger partial charge in [-0.2, -0.15) is 0 Å². The normalized spacial score (nSPS) is 17.8. The van der Waals surface area contributed by atoms with Crippen LogP contribution in [-0.4, -0.2) is 36.7 Å². The van der Waals surface area contributed by atoms with Crippen LogP contribution in [0.5, 0.6) is 0 Å². The molecular formula is C15H16N2O4. The van der Waals surface area contributed by atoms with Crippen LogP contribution >= 0.6 is 0 Å². The van der Waals surface area contributed by atoms with E-state index in [9.17, 15) is 9.59 Å². The van der Waals surface area contributed by atoms with Crippen LogP contribution in [0.4, 0.5) is 5.69 Å². The van der Waals surface area contributed by atoms with Crippen molar-refractivity contribution in [2.75, 3.05) is 18.5 Å². The molecule has 1 aliphatic heterocycles. The molecule has 2 N–H and O–H groups in total. The van der Waals surface area contributed by atoms with Crippen molar-refractivity contribution < 1.29 is 19.1 Å². The average Bonchev–Trinajstić information content (AvgIpc) is 3.13. The molecule has 1 amide bonds. The molecule has 1 aromatic carbocycles. The maximum atomic E-state index is 12.0. The van der Waals surface area contributed by atoms with Crippen LogP contribution in [0.1, 0.15) is 23.3 Å². The lowest BCUT2D eigenvalue weighted by Gasteiger charge is -2.09. The van der Waals surface area contributed by atoms with Crippen molar-refractivity contribution in [3.8, 4) is 0 Å². The van der Waals surface area contributed by atoms with Gasteiger partial charge in [-0.15, -0.1) is 0 Å². The van der Waals surface area contributed by atoms with Crippen molar-refractivity contribution in [3.63, 3.8) is 0 Å². The Morgan fingerprint density at radius 3 is 3.14 bits per heavy atom. The predicted octanol–water partition coefficient (Wildman–Crippen LogP) is 2.07. The number of esters is 1. The van der Waals surface area contributed by atoms with E-state index in [0.29, 0.717) is 17.8 Å². The molecule has 0 saturated carbocycles. The third-order valence-corrected chi connectivity index (χ3v) is 3.49. The summed E-state index contributed by atoms with van der Waals surface area (Å²) in [5.74, 6) is -0.397. The molecule has 1 unspecified atom stereocenters. The van der Waals surface area contributed by atoms with E-state index < -0.39 is 5.97 Å². The molecule has 2 heterocycles. The fraction of sp³-hybridized carbons (Fsp3) is 0.333. The second kappa shape index (κ2) is 5.97. The van der Waals surface area contributed by atoms with Gasteiger partial charge in [0.05, 0.1) is 6.10 Å². The monoisotopic (exact) mass is 288 g/mol. The highest BCUT2D eigenvalue weighted by Crippen LogP contribution is 2.20. The van der Waals surface area contributed by atoms with E-state index in [0.717, 1.165) is 30.4 Å². The first-order valence-electron chi connectivity index (χ1n) is 6.88. The van der Waals surface area contributed by atoms with Crippen molar-refractivity contribution in [1.82, 2.24) is 4.98 Å².